The lowest BCUT2D eigenvalue weighted by atomic mass is 10.1. The summed E-state index contributed by atoms with van der Waals surface area (Å²) < 4.78 is 24.5. The van der Waals surface area contributed by atoms with Crippen LogP contribution in [0.15, 0.2) is 70.2 Å². The lowest BCUT2D eigenvalue weighted by Crippen LogP contribution is -2.21. The fraction of sp³-hybridized carbons (Fsp3) is 0.167. The number of para-hydroxylation sites is 1. The number of rotatable bonds is 7. The van der Waals surface area contributed by atoms with Crippen molar-refractivity contribution >= 4 is 5.52 Å². The summed E-state index contributed by atoms with van der Waals surface area (Å²) in [5.74, 6) is 2.39. The molecule has 10 nitrogen and oxygen atoms in total. The monoisotopic (exact) mass is 459 g/mol. The highest BCUT2D eigenvalue weighted by Gasteiger charge is 2.18. The number of nitrogens with zero attached hydrogens (tertiary/aromatic N) is 5. The standard InChI is InChI=1S/C24H21N5O5/c1-31-16-7-4-6-15(12-16)18-13-19-24(30)28(10-11-29(19)26-18)14-21-25-23(27-34-21)17-8-5-9-20(32-2)22(17)33-3/h4-13H,14H2,1-3H3. The van der Waals surface area contributed by atoms with Gasteiger partial charge in [-0.25, -0.2) is 4.52 Å². The molecule has 0 fully saturated rings. The van der Waals surface area contributed by atoms with Crippen molar-refractivity contribution in [3.8, 4) is 39.9 Å². The van der Waals surface area contributed by atoms with Crippen molar-refractivity contribution in [1.29, 1.82) is 0 Å². The van der Waals surface area contributed by atoms with E-state index in [0.29, 0.717) is 39.8 Å². The van der Waals surface area contributed by atoms with E-state index in [4.69, 9.17) is 18.7 Å². The third kappa shape index (κ3) is 3.75. The summed E-state index contributed by atoms with van der Waals surface area (Å²) in [6, 6.07) is 14.7. The van der Waals surface area contributed by atoms with Crippen LogP contribution in [0.25, 0.3) is 28.2 Å². The van der Waals surface area contributed by atoms with Gasteiger partial charge in [0.15, 0.2) is 11.5 Å². The average molecular weight is 459 g/mol. The van der Waals surface area contributed by atoms with E-state index in [1.54, 1.807) is 56.4 Å². The van der Waals surface area contributed by atoms with Crippen molar-refractivity contribution in [3.05, 3.63) is 77.2 Å². The molecule has 0 spiro atoms. The van der Waals surface area contributed by atoms with Crippen molar-refractivity contribution in [2.75, 3.05) is 21.3 Å². The molecule has 5 rings (SSSR count). The molecule has 0 aliphatic carbocycles. The zero-order chi connectivity index (χ0) is 23.7. The van der Waals surface area contributed by atoms with E-state index in [0.717, 1.165) is 5.56 Å². The van der Waals surface area contributed by atoms with Crippen LogP contribution in [0.2, 0.25) is 0 Å². The molecule has 34 heavy (non-hydrogen) atoms. The lowest BCUT2D eigenvalue weighted by Gasteiger charge is -2.09. The van der Waals surface area contributed by atoms with Crippen LogP contribution in [-0.4, -0.2) is 45.7 Å². The Labute approximate surface area is 193 Å². The maximum absolute atomic E-state index is 13.1. The highest BCUT2D eigenvalue weighted by Crippen LogP contribution is 2.36. The van der Waals surface area contributed by atoms with Gasteiger partial charge in [-0.05, 0) is 30.3 Å². The number of hydrogen-bond donors (Lipinski definition) is 0. The number of hydrogen-bond acceptors (Lipinski definition) is 8. The minimum atomic E-state index is -0.233. The molecule has 0 unspecified atom stereocenters. The van der Waals surface area contributed by atoms with Crippen molar-refractivity contribution in [2.45, 2.75) is 6.54 Å². The normalized spacial score (nSPS) is 11.0. The predicted octanol–water partition coefficient (Wildman–Crippen LogP) is 3.29. The minimum Gasteiger partial charge on any atom is -0.497 e. The first-order chi connectivity index (χ1) is 16.6. The highest BCUT2D eigenvalue weighted by atomic mass is 16.5. The Hall–Kier alpha value is -4.60. The molecule has 0 N–H and O–H groups in total. The first kappa shape index (κ1) is 21.3. The molecule has 0 aliphatic heterocycles. The van der Waals surface area contributed by atoms with Crippen molar-refractivity contribution in [2.24, 2.45) is 0 Å². The second kappa shape index (κ2) is 8.74. The molecule has 0 radical (unpaired) electrons. The number of benzene rings is 2. The van der Waals surface area contributed by atoms with Gasteiger partial charge >= 0.3 is 0 Å². The van der Waals surface area contributed by atoms with Gasteiger partial charge in [-0.1, -0.05) is 23.4 Å². The maximum Gasteiger partial charge on any atom is 0.277 e. The summed E-state index contributed by atoms with van der Waals surface area (Å²) >= 11 is 0. The number of aromatic nitrogens is 5. The smallest absolute Gasteiger partial charge is 0.277 e. The fourth-order valence-corrected chi connectivity index (χ4v) is 3.71. The van der Waals surface area contributed by atoms with E-state index in [1.807, 2.05) is 30.3 Å². The molecular weight excluding hydrogens is 438 g/mol. The van der Waals surface area contributed by atoms with Gasteiger partial charge in [0.1, 0.15) is 17.8 Å². The summed E-state index contributed by atoms with van der Waals surface area (Å²) in [5, 5.41) is 8.57. The fourth-order valence-electron chi connectivity index (χ4n) is 3.71. The SMILES string of the molecule is COc1cccc(-c2cc3c(=O)n(Cc4nc(-c5cccc(OC)c5OC)no4)ccn3n2)c1. The second-order valence-electron chi connectivity index (χ2n) is 7.38. The zero-order valence-corrected chi connectivity index (χ0v) is 18.8. The third-order valence-electron chi connectivity index (χ3n) is 5.39. The highest BCUT2D eigenvalue weighted by molar-refractivity contribution is 5.68. The Bertz CT molecular complexity index is 1530. The quantitative estimate of drug-likeness (QED) is 0.365. The van der Waals surface area contributed by atoms with E-state index in [-0.39, 0.29) is 18.0 Å². The molecular formula is C24H21N5O5. The van der Waals surface area contributed by atoms with Crippen molar-refractivity contribution in [3.63, 3.8) is 0 Å². The van der Waals surface area contributed by atoms with Gasteiger partial charge in [0.25, 0.3) is 5.56 Å². The van der Waals surface area contributed by atoms with E-state index in [1.165, 1.54) is 4.57 Å². The Kier molecular flexibility index (Phi) is 5.46. The zero-order valence-electron chi connectivity index (χ0n) is 18.8. The molecule has 0 amide bonds. The van der Waals surface area contributed by atoms with Crippen LogP contribution >= 0.6 is 0 Å². The molecule has 0 saturated carbocycles. The van der Waals surface area contributed by atoms with Gasteiger partial charge in [0, 0.05) is 18.0 Å². The third-order valence-corrected chi connectivity index (χ3v) is 5.39. The van der Waals surface area contributed by atoms with Crippen molar-refractivity contribution < 1.29 is 18.7 Å². The Morgan fingerprint density at radius 3 is 2.62 bits per heavy atom. The maximum atomic E-state index is 13.1. The molecule has 10 heteroatoms. The molecule has 172 valence electrons. The van der Waals surface area contributed by atoms with Gasteiger partial charge in [0.2, 0.25) is 11.7 Å². The van der Waals surface area contributed by atoms with Gasteiger partial charge in [-0.15, -0.1) is 0 Å². The summed E-state index contributed by atoms with van der Waals surface area (Å²) in [5.41, 5.74) is 2.33. The summed E-state index contributed by atoms with van der Waals surface area (Å²) in [6.45, 7) is 0.105. The molecule has 0 atom stereocenters. The van der Waals surface area contributed by atoms with Gasteiger partial charge in [0.05, 0.1) is 32.6 Å². The van der Waals surface area contributed by atoms with Gasteiger partial charge < -0.3 is 23.3 Å². The minimum absolute atomic E-state index is 0.105. The van der Waals surface area contributed by atoms with E-state index >= 15 is 0 Å². The average Bonchev–Trinajstić information content (AvgIpc) is 3.53. The number of ether oxygens (including phenoxy) is 3. The molecule has 2 aromatic carbocycles. The summed E-state index contributed by atoms with van der Waals surface area (Å²) in [6.07, 6.45) is 3.34. The van der Waals surface area contributed by atoms with Crippen LogP contribution in [0.5, 0.6) is 17.2 Å². The summed E-state index contributed by atoms with van der Waals surface area (Å²) in [7, 11) is 4.71. The topological polar surface area (TPSA) is 106 Å². The molecule has 0 bridgehead atoms. The molecule has 5 aromatic rings. The van der Waals surface area contributed by atoms with E-state index in [2.05, 4.69) is 15.2 Å². The van der Waals surface area contributed by atoms with Crippen LogP contribution < -0.4 is 19.8 Å². The van der Waals surface area contributed by atoms with Crippen LogP contribution in [0, 0.1) is 0 Å². The molecule has 3 aromatic heterocycles. The van der Waals surface area contributed by atoms with Crippen LogP contribution in [0.3, 0.4) is 0 Å². The Morgan fingerprint density at radius 1 is 0.971 bits per heavy atom. The first-order valence-electron chi connectivity index (χ1n) is 10.4. The van der Waals surface area contributed by atoms with Crippen LogP contribution in [0.4, 0.5) is 0 Å². The molecule has 0 saturated heterocycles. The predicted molar refractivity (Wildman–Crippen MR) is 123 cm³/mol. The van der Waals surface area contributed by atoms with Crippen LogP contribution in [0.1, 0.15) is 5.89 Å². The first-order valence-corrected chi connectivity index (χ1v) is 10.4. The second-order valence-corrected chi connectivity index (χ2v) is 7.38. The molecule has 0 aliphatic rings. The largest absolute Gasteiger partial charge is 0.497 e. The van der Waals surface area contributed by atoms with Gasteiger partial charge in [-0.2, -0.15) is 10.1 Å². The summed E-state index contributed by atoms with van der Waals surface area (Å²) in [4.78, 5) is 17.6. The van der Waals surface area contributed by atoms with Crippen molar-refractivity contribution in [1.82, 2.24) is 24.3 Å². The van der Waals surface area contributed by atoms with E-state index in [9.17, 15) is 4.79 Å². The van der Waals surface area contributed by atoms with Gasteiger partial charge in [-0.3, -0.25) is 4.79 Å². The number of fused-ring (bicyclic) bond motifs is 1. The van der Waals surface area contributed by atoms with Crippen LogP contribution in [-0.2, 0) is 6.54 Å². The Morgan fingerprint density at radius 2 is 1.82 bits per heavy atom. The lowest BCUT2D eigenvalue weighted by molar-refractivity contribution is 0.354. The molecule has 3 heterocycles. The van der Waals surface area contributed by atoms with E-state index < -0.39 is 0 Å². The number of methoxy groups -OCH3 is 3. The Balaban J connectivity index is 1.46.